The van der Waals surface area contributed by atoms with Crippen LogP contribution in [-0.2, 0) is 16.1 Å². The molecular weight excluding hydrogens is 292 g/mol. The van der Waals surface area contributed by atoms with Gasteiger partial charge in [-0.1, -0.05) is 58.0 Å². The lowest BCUT2D eigenvalue weighted by molar-refractivity contribution is -0.144. The van der Waals surface area contributed by atoms with E-state index in [4.69, 9.17) is 0 Å². The Morgan fingerprint density at radius 1 is 1.09 bits per heavy atom. The number of likely N-dealkylation sites (N-methyl/N-ethyl adjacent to an activating group) is 1. The lowest BCUT2D eigenvalue weighted by Gasteiger charge is -2.31. The number of hydrogen-bond acceptors (Lipinski definition) is 3. The molecule has 128 valence electrons. The van der Waals surface area contributed by atoms with Crippen molar-refractivity contribution in [3.05, 3.63) is 35.9 Å². The Morgan fingerprint density at radius 3 is 2.09 bits per heavy atom. The molecule has 0 aliphatic carbocycles. The Labute approximate surface area is 138 Å². The molecule has 0 aliphatic rings. The molecule has 1 amide bonds. The van der Waals surface area contributed by atoms with Gasteiger partial charge in [-0.25, -0.2) is 4.79 Å². The van der Waals surface area contributed by atoms with Crippen LogP contribution in [0.25, 0.3) is 0 Å². The molecule has 1 aromatic rings. The van der Waals surface area contributed by atoms with E-state index in [1.165, 1.54) is 0 Å². The molecule has 0 fully saturated rings. The van der Waals surface area contributed by atoms with Crippen molar-refractivity contribution < 1.29 is 14.7 Å². The minimum Gasteiger partial charge on any atom is -0.480 e. The molecule has 2 N–H and O–H groups in total. The molecule has 5 nitrogen and oxygen atoms in total. The van der Waals surface area contributed by atoms with Crippen molar-refractivity contribution >= 4 is 11.9 Å². The summed E-state index contributed by atoms with van der Waals surface area (Å²) >= 11 is 0. The summed E-state index contributed by atoms with van der Waals surface area (Å²) in [6, 6.07) is 8.67. The summed E-state index contributed by atoms with van der Waals surface area (Å²) in [7, 11) is 1.89. The van der Waals surface area contributed by atoms with Crippen LogP contribution in [-0.4, -0.2) is 41.0 Å². The Kier molecular flexibility index (Phi) is 7.23. The highest BCUT2D eigenvalue weighted by Crippen LogP contribution is 2.14. The first-order chi connectivity index (χ1) is 10.7. The number of aliphatic carboxylic acids is 1. The zero-order chi connectivity index (χ0) is 17.6. The lowest BCUT2D eigenvalue weighted by Crippen LogP contribution is -2.53. The molecule has 0 heterocycles. The lowest BCUT2D eigenvalue weighted by atomic mass is 9.99. The van der Waals surface area contributed by atoms with Gasteiger partial charge in [0, 0.05) is 6.54 Å². The minimum atomic E-state index is -0.999. The number of carbonyl (C=O) groups excluding carboxylic acids is 1. The van der Waals surface area contributed by atoms with Gasteiger partial charge >= 0.3 is 5.97 Å². The van der Waals surface area contributed by atoms with E-state index in [2.05, 4.69) is 5.32 Å². The van der Waals surface area contributed by atoms with E-state index in [9.17, 15) is 14.7 Å². The molecule has 0 spiro atoms. The second kappa shape index (κ2) is 8.67. The summed E-state index contributed by atoms with van der Waals surface area (Å²) < 4.78 is 0. The highest BCUT2D eigenvalue weighted by atomic mass is 16.4. The number of nitrogens with one attached hydrogen (secondary N) is 1. The summed E-state index contributed by atoms with van der Waals surface area (Å²) in [5.41, 5.74) is 1.12. The predicted molar refractivity (Wildman–Crippen MR) is 90.9 cm³/mol. The van der Waals surface area contributed by atoms with Gasteiger partial charge in [0.15, 0.2) is 0 Å². The number of amides is 1. The standard InChI is InChI=1S/C18H28N2O3/c1-12(2)15(18(22)23)19-17(21)16(13(3)4)20(5)11-14-9-7-6-8-10-14/h6-10,12-13,15-16H,11H2,1-5H3,(H,19,21)(H,22,23). The van der Waals surface area contributed by atoms with Crippen molar-refractivity contribution in [3.63, 3.8) is 0 Å². The summed E-state index contributed by atoms with van der Waals surface area (Å²) in [4.78, 5) is 25.9. The highest BCUT2D eigenvalue weighted by Gasteiger charge is 2.31. The first-order valence-corrected chi connectivity index (χ1v) is 8.01. The first-order valence-electron chi connectivity index (χ1n) is 8.01. The second-order valence-corrected chi connectivity index (χ2v) is 6.66. The summed E-state index contributed by atoms with van der Waals surface area (Å²) in [5.74, 6) is -1.32. The Hall–Kier alpha value is -1.88. The highest BCUT2D eigenvalue weighted by molar-refractivity contribution is 5.87. The fourth-order valence-electron chi connectivity index (χ4n) is 2.73. The van der Waals surface area contributed by atoms with Crippen LogP contribution in [0.1, 0.15) is 33.3 Å². The average molecular weight is 320 g/mol. The fraction of sp³-hybridized carbons (Fsp3) is 0.556. The zero-order valence-electron chi connectivity index (χ0n) is 14.6. The Morgan fingerprint density at radius 2 is 1.65 bits per heavy atom. The first kappa shape index (κ1) is 19.2. The molecule has 1 aromatic carbocycles. The average Bonchev–Trinajstić information content (AvgIpc) is 2.44. The van der Waals surface area contributed by atoms with Gasteiger partial charge in [-0.3, -0.25) is 9.69 Å². The predicted octanol–water partition coefficient (Wildman–Crippen LogP) is 2.37. The van der Waals surface area contributed by atoms with Gasteiger partial charge in [0.25, 0.3) is 0 Å². The Bertz CT molecular complexity index is 514. The van der Waals surface area contributed by atoms with Crippen LogP contribution >= 0.6 is 0 Å². The van der Waals surface area contributed by atoms with Gasteiger partial charge in [0.05, 0.1) is 6.04 Å². The van der Waals surface area contributed by atoms with Gasteiger partial charge in [-0.05, 0) is 24.4 Å². The van der Waals surface area contributed by atoms with Gasteiger partial charge in [-0.2, -0.15) is 0 Å². The van der Waals surface area contributed by atoms with E-state index in [-0.39, 0.29) is 23.8 Å². The molecule has 0 aromatic heterocycles. The molecular formula is C18H28N2O3. The quantitative estimate of drug-likeness (QED) is 0.771. The number of carboxylic acids is 1. The number of carboxylic acid groups (broad SMARTS) is 1. The van der Waals surface area contributed by atoms with E-state index >= 15 is 0 Å². The van der Waals surface area contributed by atoms with Crippen molar-refractivity contribution in [2.45, 2.75) is 46.3 Å². The molecule has 0 saturated heterocycles. The third kappa shape index (κ3) is 5.67. The third-order valence-corrected chi connectivity index (χ3v) is 3.88. The van der Waals surface area contributed by atoms with E-state index in [0.29, 0.717) is 6.54 Å². The van der Waals surface area contributed by atoms with Crippen LogP contribution in [0.2, 0.25) is 0 Å². The van der Waals surface area contributed by atoms with E-state index in [1.54, 1.807) is 13.8 Å². The summed E-state index contributed by atoms with van der Waals surface area (Å²) in [6.45, 7) is 8.15. The van der Waals surface area contributed by atoms with Crippen molar-refractivity contribution in [3.8, 4) is 0 Å². The van der Waals surface area contributed by atoms with Gasteiger partial charge in [-0.15, -0.1) is 0 Å². The van der Waals surface area contributed by atoms with Gasteiger partial charge in [0.1, 0.15) is 6.04 Å². The molecule has 5 heteroatoms. The van der Waals surface area contributed by atoms with E-state index in [0.717, 1.165) is 5.56 Å². The molecule has 0 bridgehead atoms. The van der Waals surface area contributed by atoms with Crippen molar-refractivity contribution in [1.82, 2.24) is 10.2 Å². The SMILES string of the molecule is CC(C)C(NC(=O)C(C(C)C)N(C)Cc1ccccc1)C(=O)O. The topological polar surface area (TPSA) is 69.6 Å². The molecule has 1 rings (SSSR count). The number of benzene rings is 1. The van der Waals surface area contributed by atoms with E-state index < -0.39 is 12.0 Å². The van der Waals surface area contributed by atoms with Crippen LogP contribution in [0.3, 0.4) is 0 Å². The molecule has 2 atom stereocenters. The smallest absolute Gasteiger partial charge is 0.326 e. The van der Waals surface area contributed by atoms with Crippen LogP contribution in [0, 0.1) is 11.8 Å². The monoisotopic (exact) mass is 320 g/mol. The maximum Gasteiger partial charge on any atom is 0.326 e. The fourth-order valence-corrected chi connectivity index (χ4v) is 2.73. The number of nitrogens with zero attached hydrogens (tertiary/aromatic N) is 1. The van der Waals surface area contributed by atoms with Crippen LogP contribution < -0.4 is 5.32 Å². The molecule has 23 heavy (non-hydrogen) atoms. The van der Waals surface area contributed by atoms with Crippen LogP contribution in [0.4, 0.5) is 0 Å². The van der Waals surface area contributed by atoms with Crippen LogP contribution in [0.15, 0.2) is 30.3 Å². The van der Waals surface area contributed by atoms with Crippen molar-refractivity contribution in [1.29, 1.82) is 0 Å². The second-order valence-electron chi connectivity index (χ2n) is 6.66. The third-order valence-electron chi connectivity index (χ3n) is 3.88. The van der Waals surface area contributed by atoms with Gasteiger partial charge in [0.2, 0.25) is 5.91 Å². The maximum absolute atomic E-state index is 12.6. The number of hydrogen-bond donors (Lipinski definition) is 2. The summed E-state index contributed by atoms with van der Waals surface area (Å²) in [5, 5.41) is 11.9. The zero-order valence-corrected chi connectivity index (χ0v) is 14.6. The molecule has 2 unspecified atom stereocenters. The van der Waals surface area contributed by atoms with Gasteiger partial charge < -0.3 is 10.4 Å². The van der Waals surface area contributed by atoms with Crippen LogP contribution in [0.5, 0.6) is 0 Å². The molecule has 0 radical (unpaired) electrons. The van der Waals surface area contributed by atoms with Crippen molar-refractivity contribution in [2.75, 3.05) is 7.05 Å². The number of rotatable bonds is 8. The molecule has 0 aliphatic heterocycles. The molecule has 0 saturated carbocycles. The number of carbonyl (C=O) groups is 2. The summed E-state index contributed by atoms with van der Waals surface area (Å²) in [6.07, 6.45) is 0. The van der Waals surface area contributed by atoms with E-state index in [1.807, 2.05) is 56.1 Å². The normalized spacial score (nSPS) is 14.1. The minimum absolute atomic E-state index is 0.0744. The Balaban J connectivity index is 2.84. The largest absolute Gasteiger partial charge is 0.480 e. The maximum atomic E-state index is 12.6. The van der Waals surface area contributed by atoms with Crippen molar-refractivity contribution in [2.24, 2.45) is 11.8 Å².